The molecule has 6 heteroatoms. The maximum absolute atomic E-state index is 12.4. The maximum Gasteiger partial charge on any atom is 0.242 e. The first-order chi connectivity index (χ1) is 8.58. The fourth-order valence-corrected chi connectivity index (χ4v) is 4.30. The molecule has 0 fully saturated rings. The number of nitrogens with two attached hydrogens (primary N) is 1. The molecule has 1 rings (SSSR count). The summed E-state index contributed by atoms with van der Waals surface area (Å²) in [5.74, 6) is 0. The minimum atomic E-state index is -3.58. The Labute approximate surface area is 124 Å². The normalized spacial score (nSPS) is 14.4. The summed E-state index contributed by atoms with van der Waals surface area (Å²) in [5.41, 5.74) is 6.43. The molecule has 0 amide bonds. The molecule has 1 aromatic rings. The lowest BCUT2D eigenvalue weighted by Gasteiger charge is -2.30. The lowest BCUT2D eigenvalue weighted by atomic mass is 9.88. The monoisotopic (exact) mass is 348 g/mol. The van der Waals surface area contributed by atoms with Crippen LogP contribution >= 0.6 is 15.9 Å². The summed E-state index contributed by atoms with van der Waals surface area (Å²) in [6.07, 6.45) is 0. The first kappa shape index (κ1) is 16.6. The van der Waals surface area contributed by atoms with Crippen LogP contribution in [0.15, 0.2) is 27.6 Å². The highest BCUT2D eigenvalue weighted by Gasteiger charge is 2.29. The zero-order valence-corrected chi connectivity index (χ0v) is 14.1. The van der Waals surface area contributed by atoms with Gasteiger partial charge >= 0.3 is 0 Å². The van der Waals surface area contributed by atoms with Crippen LogP contribution in [-0.4, -0.2) is 21.0 Å². The molecule has 1 unspecified atom stereocenters. The standard InChI is InChI=1S/C13H21BrN2O2S/c1-9-5-6-11(10(14)7-9)19(17,18)16-12(8-15)13(2,3)4/h5-7,12,16H,8,15H2,1-4H3. The van der Waals surface area contributed by atoms with E-state index in [2.05, 4.69) is 20.7 Å². The molecule has 0 saturated carbocycles. The SMILES string of the molecule is Cc1ccc(S(=O)(=O)NC(CN)C(C)(C)C)c(Br)c1. The molecule has 1 atom stereocenters. The number of hydrogen-bond acceptors (Lipinski definition) is 3. The van der Waals surface area contributed by atoms with Crippen molar-refractivity contribution in [3.63, 3.8) is 0 Å². The van der Waals surface area contributed by atoms with E-state index in [9.17, 15) is 8.42 Å². The van der Waals surface area contributed by atoms with Gasteiger partial charge in [-0.05, 0) is 46.0 Å². The molecule has 0 aliphatic heterocycles. The molecule has 0 saturated heterocycles. The van der Waals surface area contributed by atoms with Crippen LogP contribution in [0.5, 0.6) is 0 Å². The Morgan fingerprint density at radius 3 is 2.37 bits per heavy atom. The number of aryl methyl sites for hydroxylation is 1. The molecule has 0 heterocycles. The van der Waals surface area contributed by atoms with Crippen molar-refractivity contribution < 1.29 is 8.42 Å². The Kier molecular flexibility index (Phi) is 5.17. The van der Waals surface area contributed by atoms with Crippen molar-refractivity contribution in [1.82, 2.24) is 4.72 Å². The van der Waals surface area contributed by atoms with Crippen molar-refractivity contribution in [2.24, 2.45) is 11.1 Å². The van der Waals surface area contributed by atoms with E-state index in [1.165, 1.54) is 0 Å². The van der Waals surface area contributed by atoms with E-state index < -0.39 is 10.0 Å². The van der Waals surface area contributed by atoms with Crippen LogP contribution < -0.4 is 10.5 Å². The molecule has 0 spiro atoms. The molecular weight excluding hydrogens is 328 g/mol. The first-order valence-electron chi connectivity index (χ1n) is 6.06. The Morgan fingerprint density at radius 2 is 1.95 bits per heavy atom. The molecule has 108 valence electrons. The topological polar surface area (TPSA) is 72.2 Å². The zero-order valence-electron chi connectivity index (χ0n) is 11.7. The van der Waals surface area contributed by atoms with E-state index in [-0.39, 0.29) is 22.9 Å². The Morgan fingerprint density at radius 1 is 1.37 bits per heavy atom. The third-order valence-electron chi connectivity index (χ3n) is 2.96. The average molecular weight is 349 g/mol. The van der Waals surface area contributed by atoms with E-state index in [0.717, 1.165) is 5.56 Å². The minimum Gasteiger partial charge on any atom is -0.329 e. The number of sulfonamides is 1. The van der Waals surface area contributed by atoms with Gasteiger partial charge in [0.1, 0.15) is 0 Å². The number of hydrogen-bond donors (Lipinski definition) is 2. The Bertz CT molecular complexity index is 550. The summed E-state index contributed by atoms with van der Waals surface area (Å²) >= 11 is 3.29. The number of rotatable bonds is 4. The van der Waals surface area contributed by atoms with Gasteiger partial charge in [0.15, 0.2) is 0 Å². The second-order valence-corrected chi connectivity index (χ2v) is 8.25. The van der Waals surface area contributed by atoms with Crippen molar-refractivity contribution in [1.29, 1.82) is 0 Å². The van der Waals surface area contributed by atoms with E-state index in [1.54, 1.807) is 18.2 Å². The van der Waals surface area contributed by atoms with E-state index >= 15 is 0 Å². The zero-order chi connectivity index (χ0) is 14.8. The van der Waals surface area contributed by atoms with Crippen LogP contribution in [0.2, 0.25) is 0 Å². The van der Waals surface area contributed by atoms with Crippen LogP contribution in [0.25, 0.3) is 0 Å². The minimum absolute atomic E-state index is 0.237. The molecule has 0 radical (unpaired) electrons. The lowest BCUT2D eigenvalue weighted by molar-refractivity contribution is 0.304. The molecule has 4 nitrogen and oxygen atoms in total. The van der Waals surface area contributed by atoms with Crippen LogP contribution in [-0.2, 0) is 10.0 Å². The van der Waals surface area contributed by atoms with Gasteiger partial charge in [-0.2, -0.15) is 0 Å². The smallest absolute Gasteiger partial charge is 0.242 e. The van der Waals surface area contributed by atoms with E-state index in [4.69, 9.17) is 5.73 Å². The number of halogens is 1. The van der Waals surface area contributed by atoms with Gasteiger partial charge < -0.3 is 5.73 Å². The summed E-state index contributed by atoms with van der Waals surface area (Å²) < 4.78 is 28.0. The van der Waals surface area contributed by atoms with Crippen molar-refractivity contribution in [3.05, 3.63) is 28.2 Å². The third-order valence-corrected chi connectivity index (χ3v) is 5.40. The fraction of sp³-hybridized carbons (Fsp3) is 0.538. The molecule has 0 aromatic heterocycles. The van der Waals surface area contributed by atoms with Crippen LogP contribution in [0.1, 0.15) is 26.3 Å². The van der Waals surface area contributed by atoms with Crippen molar-refractivity contribution in [2.75, 3.05) is 6.54 Å². The maximum atomic E-state index is 12.4. The summed E-state index contributed by atoms with van der Waals surface area (Å²) in [5, 5.41) is 0. The summed E-state index contributed by atoms with van der Waals surface area (Å²) in [4.78, 5) is 0.237. The summed E-state index contributed by atoms with van der Waals surface area (Å²) in [7, 11) is -3.58. The fourth-order valence-electron chi connectivity index (χ4n) is 1.65. The summed E-state index contributed by atoms with van der Waals surface area (Å²) in [6, 6.07) is 4.83. The molecule has 3 N–H and O–H groups in total. The largest absolute Gasteiger partial charge is 0.329 e. The van der Waals surface area contributed by atoms with E-state index in [0.29, 0.717) is 4.47 Å². The predicted octanol–water partition coefficient (Wildman–Crippen LogP) is 2.41. The van der Waals surface area contributed by atoms with Crippen LogP contribution in [0, 0.1) is 12.3 Å². The Balaban J connectivity index is 3.11. The van der Waals surface area contributed by atoms with Gasteiger partial charge in [0.05, 0.1) is 4.90 Å². The van der Waals surface area contributed by atoms with Gasteiger partial charge in [-0.1, -0.05) is 26.8 Å². The van der Waals surface area contributed by atoms with Crippen molar-refractivity contribution in [3.8, 4) is 0 Å². The average Bonchev–Trinajstić information content (AvgIpc) is 2.23. The van der Waals surface area contributed by atoms with Crippen molar-refractivity contribution in [2.45, 2.75) is 38.6 Å². The van der Waals surface area contributed by atoms with Crippen LogP contribution in [0.4, 0.5) is 0 Å². The van der Waals surface area contributed by atoms with Gasteiger partial charge in [-0.3, -0.25) is 0 Å². The summed E-state index contributed by atoms with van der Waals surface area (Å²) in [6.45, 7) is 8.03. The molecule has 0 aliphatic carbocycles. The molecule has 0 bridgehead atoms. The van der Waals surface area contributed by atoms with Crippen molar-refractivity contribution >= 4 is 26.0 Å². The highest BCUT2D eigenvalue weighted by molar-refractivity contribution is 9.10. The van der Waals surface area contributed by atoms with Gasteiger partial charge in [-0.25, -0.2) is 13.1 Å². The Hall–Kier alpha value is -0.430. The van der Waals surface area contributed by atoms with Crippen LogP contribution in [0.3, 0.4) is 0 Å². The first-order valence-corrected chi connectivity index (χ1v) is 8.34. The quantitative estimate of drug-likeness (QED) is 0.877. The number of benzene rings is 1. The van der Waals surface area contributed by atoms with Gasteiger partial charge in [0, 0.05) is 17.1 Å². The second-order valence-electron chi connectivity index (χ2n) is 5.71. The molecule has 19 heavy (non-hydrogen) atoms. The predicted molar refractivity (Wildman–Crippen MR) is 81.5 cm³/mol. The lowest BCUT2D eigenvalue weighted by Crippen LogP contribution is -2.48. The van der Waals surface area contributed by atoms with Gasteiger partial charge in [0.25, 0.3) is 0 Å². The van der Waals surface area contributed by atoms with E-state index in [1.807, 2.05) is 27.7 Å². The molecule has 0 aliphatic rings. The highest BCUT2D eigenvalue weighted by Crippen LogP contribution is 2.25. The van der Waals surface area contributed by atoms with Gasteiger partial charge in [-0.15, -0.1) is 0 Å². The van der Waals surface area contributed by atoms with Gasteiger partial charge in [0.2, 0.25) is 10.0 Å². The molecular formula is C13H21BrN2O2S. The highest BCUT2D eigenvalue weighted by atomic mass is 79.9. The second kappa shape index (κ2) is 5.91. The third kappa shape index (κ3) is 4.27. The number of nitrogens with one attached hydrogen (secondary N) is 1. The molecule has 1 aromatic carbocycles.